The molecule has 0 spiro atoms. The Morgan fingerprint density at radius 3 is 2.22 bits per heavy atom. The molecule has 1 unspecified atom stereocenters. The van der Waals surface area contributed by atoms with Crippen LogP contribution in [0, 0.1) is 0 Å². The molecule has 10 nitrogen and oxygen atoms in total. The first-order valence-corrected chi connectivity index (χ1v) is 14.3. The highest BCUT2D eigenvalue weighted by Gasteiger charge is 2.42. The lowest BCUT2D eigenvalue weighted by Gasteiger charge is -2.21. The van der Waals surface area contributed by atoms with Crippen LogP contribution in [0.4, 0.5) is 0 Å². The molecule has 6 atom stereocenters. The second-order valence-corrected chi connectivity index (χ2v) is 11.6. The Labute approximate surface area is 215 Å². The lowest BCUT2D eigenvalue weighted by atomic mass is 9.93. The molecule has 1 aliphatic heterocycles. The molecule has 1 heterocycles. The Balaban J connectivity index is 1.17. The highest BCUT2D eigenvalue weighted by atomic mass is 31.2. The van der Waals surface area contributed by atoms with Crippen LogP contribution in [0.2, 0.25) is 0 Å². The van der Waals surface area contributed by atoms with Gasteiger partial charge in [-0.1, -0.05) is 48.5 Å². The number of rotatable bonds is 12. The number of carbonyl (C=O) groups excluding carboxylic acids is 1. The minimum Gasteiger partial charge on any atom is -0.395 e. The Hall–Kier alpha value is -2.14. The first-order chi connectivity index (χ1) is 17.7. The molecule has 11 heteroatoms. The first-order valence-electron chi connectivity index (χ1n) is 12.5. The van der Waals surface area contributed by atoms with E-state index in [9.17, 15) is 34.7 Å². The molecule has 2 aromatic carbocycles. The van der Waals surface area contributed by atoms with Crippen molar-refractivity contribution in [3.05, 3.63) is 59.7 Å². The average molecular weight is 535 g/mol. The van der Waals surface area contributed by atoms with E-state index in [4.69, 9.17) is 4.52 Å². The fraction of sp³-hybridized carbons (Fsp3) is 0.500. The second kappa shape index (κ2) is 12.1. The van der Waals surface area contributed by atoms with Crippen LogP contribution >= 0.6 is 7.60 Å². The van der Waals surface area contributed by atoms with Crippen LogP contribution in [0.3, 0.4) is 0 Å². The van der Waals surface area contributed by atoms with Crippen LogP contribution in [-0.4, -0.2) is 87.5 Å². The van der Waals surface area contributed by atoms with Gasteiger partial charge in [0.05, 0.1) is 43.7 Å². The zero-order chi connectivity index (χ0) is 26.6. The summed E-state index contributed by atoms with van der Waals surface area (Å²) in [5.74, 6) is -0.144. The number of hydrogen-bond donors (Lipinski definition) is 7. The smallest absolute Gasteiger partial charge is 0.330 e. The number of benzene rings is 2. The molecule has 1 saturated heterocycles. The van der Waals surface area contributed by atoms with Crippen LogP contribution in [0.25, 0.3) is 11.1 Å². The predicted octanol–water partition coefficient (Wildman–Crippen LogP) is 0.703. The molecule has 0 bridgehead atoms. The molecule has 4 rings (SSSR count). The van der Waals surface area contributed by atoms with Crippen LogP contribution in [0.15, 0.2) is 48.5 Å². The molecule has 2 aromatic rings. The molecule has 1 amide bonds. The van der Waals surface area contributed by atoms with Crippen molar-refractivity contribution in [2.24, 2.45) is 0 Å². The molecular weight excluding hydrogens is 499 g/mol. The second-order valence-electron chi connectivity index (χ2n) is 9.72. The fourth-order valence-corrected chi connectivity index (χ4v) is 6.45. The van der Waals surface area contributed by atoms with Gasteiger partial charge in [-0.05, 0) is 35.1 Å². The van der Waals surface area contributed by atoms with Crippen molar-refractivity contribution in [1.29, 1.82) is 0 Å². The number of carbonyl (C=O) groups is 1. The summed E-state index contributed by atoms with van der Waals surface area (Å²) in [5.41, 5.74) is 4.55. The van der Waals surface area contributed by atoms with E-state index in [0.29, 0.717) is 12.8 Å². The number of aliphatic hydroxyl groups is 4. The molecule has 7 N–H and O–H groups in total. The van der Waals surface area contributed by atoms with E-state index in [-0.39, 0.29) is 38.0 Å². The molecule has 1 aliphatic carbocycles. The van der Waals surface area contributed by atoms with Gasteiger partial charge in [0.15, 0.2) is 0 Å². The largest absolute Gasteiger partial charge is 0.395 e. The number of nitrogens with one attached hydrogen (secondary N) is 2. The molecule has 202 valence electrons. The van der Waals surface area contributed by atoms with E-state index < -0.39 is 44.2 Å². The maximum absolute atomic E-state index is 12.6. The van der Waals surface area contributed by atoms with Gasteiger partial charge < -0.3 is 40.5 Å². The SMILES string of the molecule is O=C(CC1c2ccccc2-c2ccccc21)NCCCOP(=O)(O)C[C@H](O)C[C@H]1N[C@H](CO)[C@@H](O)[C@@H]1O. The lowest BCUT2D eigenvalue weighted by Crippen LogP contribution is -2.38. The van der Waals surface area contributed by atoms with E-state index >= 15 is 0 Å². The van der Waals surface area contributed by atoms with Gasteiger partial charge in [-0.15, -0.1) is 0 Å². The van der Waals surface area contributed by atoms with Crippen molar-refractivity contribution in [2.75, 3.05) is 25.9 Å². The Morgan fingerprint density at radius 1 is 1.03 bits per heavy atom. The highest BCUT2D eigenvalue weighted by molar-refractivity contribution is 7.52. The van der Waals surface area contributed by atoms with Crippen molar-refractivity contribution in [2.45, 2.75) is 55.6 Å². The van der Waals surface area contributed by atoms with Gasteiger partial charge in [-0.2, -0.15) is 0 Å². The van der Waals surface area contributed by atoms with Crippen molar-refractivity contribution in [1.82, 2.24) is 10.6 Å². The average Bonchev–Trinajstić information content (AvgIpc) is 3.32. The zero-order valence-electron chi connectivity index (χ0n) is 20.4. The Kier molecular flexibility index (Phi) is 9.15. The molecule has 0 radical (unpaired) electrons. The van der Waals surface area contributed by atoms with Gasteiger partial charge in [-0.3, -0.25) is 9.36 Å². The van der Waals surface area contributed by atoms with Crippen molar-refractivity contribution >= 4 is 13.5 Å². The molecule has 0 saturated carbocycles. The third kappa shape index (κ3) is 6.66. The summed E-state index contributed by atoms with van der Waals surface area (Å²) >= 11 is 0. The molecular formula is C26H35N2O8P. The van der Waals surface area contributed by atoms with Gasteiger partial charge in [0, 0.05) is 24.9 Å². The normalized spacial score (nSPS) is 25.3. The summed E-state index contributed by atoms with van der Waals surface area (Å²) < 4.78 is 17.4. The van der Waals surface area contributed by atoms with Crippen molar-refractivity contribution in [3.8, 4) is 11.1 Å². The Bertz CT molecular complexity index is 1090. The van der Waals surface area contributed by atoms with E-state index in [1.807, 2.05) is 36.4 Å². The quantitative estimate of drug-likeness (QED) is 0.153. The zero-order valence-corrected chi connectivity index (χ0v) is 21.3. The number of aliphatic hydroxyl groups excluding tert-OH is 4. The predicted molar refractivity (Wildman–Crippen MR) is 137 cm³/mol. The topological polar surface area (TPSA) is 169 Å². The maximum atomic E-state index is 12.6. The Morgan fingerprint density at radius 2 is 1.62 bits per heavy atom. The van der Waals surface area contributed by atoms with Crippen LogP contribution < -0.4 is 10.6 Å². The van der Waals surface area contributed by atoms with Crippen LogP contribution in [0.5, 0.6) is 0 Å². The minimum atomic E-state index is -4.11. The van der Waals surface area contributed by atoms with E-state index in [2.05, 4.69) is 22.8 Å². The minimum absolute atomic E-state index is 0.0237. The van der Waals surface area contributed by atoms with E-state index in [0.717, 1.165) is 22.3 Å². The van der Waals surface area contributed by atoms with Crippen LogP contribution in [0.1, 0.15) is 36.3 Å². The highest BCUT2D eigenvalue weighted by Crippen LogP contribution is 2.46. The van der Waals surface area contributed by atoms with Gasteiger partial charge in [0.2, 0.25) is 5.91 Å². The van der Waals surface area contributed by atoms with Gasteiger partial charge >= 0.3 is 7.60 Å². The monoisotopic (exact) mass is 534 g/mol. The fourth-order valence-electron chi connectivity index (χ4n) is 5.25. The number of fused-ring (bicyclic) bond motifs is 3. The summed E-state index contributed by atoms with van der Waals surface area (Å²) in [7, 11) is -4.11. The maximum Gasteiger partial charge on any atom is 0.330 e. The van der Waals surface area contributed by atoms with E-state index in [1.165, 1.54) is 0 Å². The van der Waals surface area contributed by atoms with Gasteiger partial charge in [0.25, 0.3) is 0 Å². The standard InChI is InChI=1S/C26H35N2O8P/c29-14-23-26(33)25(32)22(28-23)12-16(30)15-37(34,35)36-11-5-10-27-24(31)13-21-19-8-3-1-6-17(19)18-7-2-4-9-20(18)21/h1-4,6-9,16,21-23,25-26,28-30,32-33H,5,10-15H2,(H,27,31)(H,34,35)/t16-,22-,23-,25-,26-/m1/s1. The van der Waals surface area contributed by atoms with E-state index in [1.54, 1.807) is 0 Å². The molecule has 0 aromatic heterocycles. The molecule has 2 aliphatic rings. The third-order valence-electron chi connectivity index (χ3n) is 7.06. The van der Waals surface area contributed by atoms with Crippen molar-refractivity contribution in [3.63, 3.8) is 0 Å². The summed E-state index contributed by atoms with van der Waals surface area (Å²) in [5, 5.41) is 44.9. The lowest BCUT2D eigenvalue weighted by molar-refractivity contribution is -0.121. The number of amides is 1. The summed E-state index contributed by atoms with van der Waals surface area (Å²) in [6, 6.07) is 14.7. The molecule has 1 fully saturated rings. The van der Waals surface area contributed by atoms with Crippen molar-refractivity contribution < 1.29 is 39.2 Å². The number of hydrogen-bond acceptors (Lipinski definition) is 8. The van der Waals surface area contributed by atoms with Crippen LogP contribution in [-0.2, 0) is 13.9 Å². The van der Waals surface area contributed by atoms with Gasteiger partial charge in [0.1, 0.15) is 0 Å². The first kappa shape index (κ1) is 27.9. The van der Waals surface area contributed by atoms with Gasteiger partial charge in [-0.25, -0.2) is 0 Å². The summed E-state index contributed by atoms with van der Waals surface area (Å²) in [4.78, 5) is 22.7. The summed E-state index contributed by atoms with van der Waals surface area (Å²) in [6.07, 6.45) is -3.67. The third-order valence-corrected chi connectivity index (χ3v) is 8.52. The molecule has 37 heavy (non-hydrogen) atoms. The summed E-state index contributed by atoms with van der Waals surface area (Å²) in [6.45, 7) is -0.189.